The molecule has 0 spiro atoms. The smallest absolute Gasteiger partial charge is 0.243 e. The van der Waals surface area contributed by atoms with E-state index in [4.69, 9.17) is 10.5 Å². The van der Waals surface area contributed by atoms with E-state index in [0.717, 1.165) is 43.9 Å². The maximum atomic E-state index is 12.6. The van der Waals surface area contributed by atoms with E-state index in [2.05, 4.69) is 17.1 Å². The average Bonchev–Trinajstić information content (AvgIpc) is 2.76. The summed E-state index contributed by atoms with van der Waals surface area (Å²) in [6.07, 6.45) is 1.02. The molecule has 1 fully saturated rings. The number of amides is 1. The maximum absolute atomic E-state index is 12.6. The van der Waals surface area contributed by atoms with Gasteiger partial charge in [-0.2, -0.15) is 0 Å². The highest BCUT2D eigenvalue weighted by Gasteiger charge is 2.52. The van der Waals surface area contributed by atoms with Gasteiger partial charge in [0.15, 0.2) is 0 Å². The molecule has 2 aliphatic heterocycles. The minimum absolute atomic E-state index is 0.0306. The molecule has 1 saturated heterocycles. The van der Waals surface area contributed by atoms with Gasteiger partial charge < -0.3 is 15.8 Å². The van der Waals surface area contributed by atoms with Gasteiger partial charge >= 0.3 is 0 Å². The molecule has 1 amide bonds. The summed E-state index contributed by atoms with van der Waals surface area (Å²) in [5.74, 6) is 0.544. The third-order valence-corrected chi connectivity index (χ3v) is 4.71. The van der Waals surface area contributed by atoms with Crippen LogP contribution in [0.3, 0.4) is 0 Å². The number of nitrogens with zero attached hydrogens (tertiary/aromatic N) is 1. The highest BCUT2D eigenvalue weighted by atomic mass is 16.5. The first-order valence-corrected chi connectivity index (χ1v) is 7.65. The molecule has 2 atom stereocenters. The Bertz CT molecular complexity index is 526. The Kier molecular flexibility index (Phi) is 3.87. The van der Waals surface area contributed by atoms with Crippen molar-refractivity contribution in [3.63, 3.8) is 0 Å². The van der Waals surface area contributed by atoms with Crippen LogP contribution in [0.2, 0.25) is 0 Å². The SMILES string of the molecule is CC1COc2ccccc2C1(C(N)=O)N1CCCNCC1. The van der Waals surface area contributed by atoms with Gasteiger partial charge in [0.2, 0.25) is 5.91 Å². The molecule has 0 bridgehead atoms. The Balaban J connectivity index is 2.13. The molecule has 0 aromatic heterocycles. The van der Waals surface area contributed by atoms with E-state index in [1.807, 2.05) is 24.3 Å². The molecule has 5 nitrogen and oxygen atoms in total. The van der Waals surface area contributed by atoms with Gasteiger partial charge in [-0.1, -0.05) is 25.1 Å². The molecular weight excluding hydrogens is 266 g/mol. The van der Waals surface area contributed by atoms with Crippen molar-refractivity contribution in [2.24, 2.45) is 11.7 Å². The first kappa shape index (κ1) is 14.4. The fourth-order valence-corrected chi connectivity index (χ4v) is 3.72. The van der Waals surface area contributed by atoms with E-state index in [1.54, 1.807) is 0 Å². The predicted octanol–water partition coefficient (Wildman–Crippen LogP) is 0.691. The number of ether oxygens (including phenoxy) is 1. The predicted molar refractivity (Wildman–Crippen MR) is 81.0 cm³/mol. The van der Waals surface area contributed by atoms with Crippen LogP contribution in [0.5, 0.6) is 5.75 Å². The number of benzene rings is 1. The molecule has 1 aromatic carbocycles. The highest BCUT2D eigenvalue weighted by Crippen LogP contribution is 2.44. The minimum Gasteiger partial charge on any atom is -0.493 e. The number of nitrogens with two attached hydrogens (primary N) is 1. The van der Waals surface area contributed by atoms with Gasteiger partial charge in [-0.15, -0.1) is 0 Å². The van der Waals surface area contributed by atoms with Gasteiger partial charge in [-0.3, -0.25) is 9.69 Å². The number of carbonyl (C=O) groups excluding carboxylic acids is 1. The molecule has 3 rings (SSSR count). The Morgan fingerprint density at radius 3 is 3.00 bits per heavy atom. The molecule has 0 radical (unpaired) electrons. The van der Waals surface area contributed by atoms with Gasteiger partial charge in [0.1, 0.15) is 11.3 Å². The fourth-order valence-electron chi connectivity index (χ4n) is 3.72. The Morgan fingerprint density at radius 2 is 2.19 bits per heavy atom. The third-order valence-electron chi connectivity index (χ3n) is 4.71. The Hall–Kier alpha value is -1.59. The van der Waals surface area contributed by atoms with Gasteiger partial charge in [-0.05, 0) is 19.0 Å². The van der Waals surface area contributed by atoms with Crippen LogP contribution in [-0.2, 0) is 10.3 Å². The summed E-state index contributed by atoms with van der Waals surface area (Å²) >= 11 is 0. The van der Waals surface area contributed by atoms with Crippen molar-refractivity contribution < 1.29 is 9.53 Å². The van der Waals surface area contributed by atoms with Crippen LogP contribution < -0.4 is 15.8 Å². The summed E-state index contributed by atoms with van der Waals surface area (Å²) in [4.78, 5) is 14.8. The van der Waals surface area contributed by atoms with Crippen LogP contribution in [0, 0.1) is 5.92 Å². The summed E-state index contributed by atoms with van der Waals surface area (Å²) in [5.41, 5.74) is 6.08. The normalized spacial score (nSPS) is 30.0. The molecule has 1 aromatic rings. The standard InChI is InChI=1S/C16H23N3O2/c1-12-11-21-14-6-3-2-5-13(14)16(12,15(17)20)19-9-4-7-18-8-10-19/h2-3,5-6,12,18H,4,7-11H2,1H3,(H2,17,20). The van der Waals surface area contributed by atoms with E-state index in [0.29, 0.717) is 6.61 Å². The summed E-state index contributed by atoms with van der Waals surface area (Å²) < 4.78 is 5.81. The summed E-state index contributed by atoms with van der Waals surface area (Å²) in [6, 6.07) is 7.79. The molecule has 2 aliphatic rings. The number of primary amides is 1. The van der Waals surface area contributed by atoms with Gasteiger partial charge in [0.25, 0.3) is 0 Å². The number of hydrogen-bond donors (Lipinski definition) is 2. The lowest BCUT2D eigenvalue weighted by molar-refractivity contribution is -0.137. The molecular formula is C16H23N3O2. The molecule has 114 valence electrons. The van der Waals surface area contributed by atoms with Crippen LogP contribution in [0.1, 0.15) is 18.9 Å². The van der Waals surface area contributed by atoms with Crippen LogP contribution in [0.25, 0.3) is 0 Å². The van der Waals surface area contributed by atoms with Crippen molar-refractivity contribution in [2.45, 2.75) is 18.9 Å². The van der Waals surface area contributed by atoms with E-state index >= 15 is 0 Å². The second-order valence-corrected chi connectivity index (χ2v) is 5.93. The minimum atomic E-state index is -0.763. The number of para-hydroxylation sites is 1. The summed E-state index contributed by atoms with van der Waals surface area (Å²) in [7, 11) is 0. The second kappa shape index (κ2) is 5.66. The van der Waals surface area contributed by atoms with Crippen LogP contribution in [0.4, 0.5) is 0 Å². The quantitative estimate of drug-likeness (QED) is 0.840. The summed E-state index contributed by atoms with van der Waals surface area (Å²) in [6.45, 7) is 6.13. The zero-order valence-electron chi connectivity index (χ0n) is 12.5. The van der Waals surface area contributed by atoms with Crippen molar-refractivity contribution >= 4 is 5.91 Å². The zero-order valence-corrected chi connectivity index (χ0v) is 12.5. The zero-order chi connectivity index (χ0) is 14.9. The van der Waals surface area contributed by atoms with Crippen molar-refractivity contribution in [3.05, 3.63) is 29.8 Å². The lowest BCUT2D eigenvalue weighted by Crippen LogP contribution is -2.62. The van der Waals surface area contributed by atoms with E-state index in [9.17, 15) is 4.79 Å². The van der Waals surface area contributed by atoms with Crippen LogP contribution in [0.15, 0.2) is 24.3 Å². The fraction of sp³-hybridized carbons (Fsp3) is 0.562. The van der Waals surface area contributed by atoms with Crippen molar-refractivity contribution in [1.82, 2.24) is 10.2 Å². The largest absolute Gasteiger partial charge is 0.493 e. The van der Waals surface area contributed by atoms with Crippen molar-refractivity contribution in [1.29, 1.82) is 0 Å². The first-order valence-electron chi connectivity index (χ1n) is 7.65. The molecule has 5 heteroatoms. The lowest BCUT2D eigenvalue weighted by Gasteiger charge is -2.48. The number of hydrogen-bond acceptors (Lipinski definition) is 4. The highest BCUT2D eigenvalue weighted by molar-refractivity contribution is 5.88. The number of carbonyl (C=O) groups is 1. The molecule has 2 unspecified atom stereocenters. The average molecular weight is 289 g/mol. The number of nitrogens with one attached hydrogen (secondary N) is 1. The second-order valence-electron chi connectivity index (χ2n) is 5.93. The molecule has 0 aliphatic carbocycles. The van der Waals surface area contributed by atoms with Crippen LogP contribution >= 0.6 is 0 Å². The summed E-state index contributed by atoms with van der Waals surface area (Å²) in [5, 5.41) is 3.39. The van der Waals surface area contributed by atoms with Gasteiger partial charge in [0, 0.05) is 31.1 Å². The van der Waals surface area contributed by atoms with Crippen molar-refractivity contribution in [2.75, 3.05) is 32.8 Å². The maximum Gasteiger partial charge on any atom is 0.243 e. The topological polar surface area (TPSA) is 67.6 Å². The van der Waals surface area contributed by atoms with Gasteiger partial charge in [0.05, 0.1) is 6.61 Å². The molecule has 0 saturated carbocycles. The first-order chi connectivity index (χ1) is 10.2. The number of rotatable bonds is 2. The lowest BCUT2D eigenvalue weighted by atomic mass is 9.74. The molecule has 3 N–H and O–H groups in total. The van der Waals surface area contributed by atoms with Crippen LogP contribution in [-0.4, -0.2) is 43.6 Å². The Morgan fingerprint density at radius 1 is 1.38 bits per heavy atom. The Labute approximate surface area is 125 Å². The van der Waals surface area contributed by atoms with Gasteiger partial charge in [-0.25, -0.2) is 0 Å². The number of fused-ring (bicyclic) bond motifs is 1. The van der Waals surface area contributed by atoms with E-state index < -0.39 is 5.54 Å². The van der Waals surface area contributed by atoms with Crippen molar-refractivity contribution in [3.8, 4) is 5.75 Å². The molecule has 21 heavy (non-hydrogen) atoms. The van der Waals surface area contributed by atoms with E-state index in [1.165, 1.54) is 0 Å². The van der Waals surface area contributed by atoms with E-state index in [-0.39, 0.29) is 11.8 Å². The third kappa shape index (κ3) is 2.21. The molecule has 2 heterocycles. The monoisotopic (exact) mass is 289 g/mol.